The first-order valence-electron chi connectivity index (χ1n) is 5.84. The molecule has 0 saturated carbocycles. The van der Waals surface area contributed by atoms with Crippen molar-refractivity contribution in [1.82, 2.24) is 5.32 Å². The molecule has 0 aliphatic carbocycles. The van der Waals surface area contributed by atoms with E-state index in [1.165, 1.54) is 5.56 Å². The van der Waals surface area contributed by atoms with Crippen LogP contribution in [0.15, 0.2) is 22.7 Å². The Morgan fingerprint density at radius 3 is 2.65 bits per heavy atom. The van der Waals surface area contributed by atoms with Gasteiger partial charge in [0.1, 0.15) is 5.75 Å². The van der Waals surface area contributed by atoms with E-state index in [1.807, 2.05) is 26.1 Å². The lowest BCUT2D eigenvalue weighted by molar-refractivity contribution is 0.395. The molecule has 0 aliphatic heterocycles. The van der Waals surface area contributed by atoms with E-state index in [2.05, 4.69) is 27.3 Å². The minimum atomic E-state index is 0.226. The minimum absolute atomic E-state index is 0.226. The largest absolute Gasteiger partial charge is 0.496 e. The number of halogens is 1. The fourth-order valence-electron chi connectivity index (χ4n) is 1.86. The van der Waals surface area contributed by atoms with Crippen molar-refractivity contribution in [3.05, 3.63) is 28.2 Å². The predicted octanol–water partition coefficient (Wildman–Crippen LogP) is 2.85. The Labute approximate surface area is 112 Å². The van der Waals surface area contributed by atoms with E-state index >= 15 is 0 Å². The number of hydrogen-bond acceptors (Lipinski definition) is 3. The number of nitrogens with two attached hydrogens (primary N) is 1. The number of nitrogens with one attached hydrogen (secondary N) is 1. The fourth-order valence-corrected chi connectivity index (χ4v) is 2.24. The van der Waals surface area contributed by atoms with Crippen LogP contribution in [0.4, 0.5) is 0 Å². The van der Waals surface area contributed by atoms with Crippen LogP contribution in [-0.2, 0) is 0 Å². The van der Waals surface area contributed by atoms with Gasteiger partial charge < -0.3 is 15.8 Å². The van der Waals surface area contributed by atoms with Crippen molar-refractivity contribution in [1.29, 1.82) is 0 Å². The molecule has 1 aromatic carbocycles. The summed E-state index contributed by atoms with van der Waals surface area (Å²) in [6.45, 7) is 2.03. The lowest BCUT2D eigenvalue weighted by Crippen LogP contribution is -2.22. The van der Waals surface area contributed by atoms with E-state index in [4.69, 9.17) is 10.5 Å². The minimum Gasteiger partial charge on any atom is -0.496 e. The Morgan fingerprint density at radius 1 is 1.41 bits per heavy atom. The van der Waals surface area contributed by atoms with Gasteiger partial charge in [-0.3, -0.25) is 0 Å². The van der Waals surface area contributed by atoms with Crippen molar-refractivity contribution >= 4 is 15.9 Å². The molecule has 0 saturated heterocycles. The molecule has 2 atom stereocenters. The van der Waals surface area contributed by atoms with Crippen LogP contribution in [0.3, 0.4) is 0 Å². The topological polar surface area (TPSA) is 47.3 Å². The third-order valence-corrected chi connectivity index (χ3v) is 3.32. The first-order valence-corrected chi connectivity index (χ1v) is 6.64. The smallest absolute Gasteiger partial charge is 0.123 e. The zero-order valence-corrected chi connectivity index (χ0v) is 12.3. The van der Waals surface area contributed by atoms with Crippen LogP contribution in [0, 0.1) is 0 Å². The third kappa shape index (κ3) is 4.30. The SMILES string of the molecule is CNC(CCC(C)N)c1cc(Br)ccc1OC. The van der Waals surface area contributed by atoms with Gasteiger partial charge in [0.25, 0.3) is 0 Å². The molecule has 3 nitrogen and oxygen atoms in total. The highest BCUT2D eigenvalue weighted by Crippen LogP contribution is 2.30. The van der Waals surface area contributed by atoms with Crippen molar-refractivity contribution in [3.63, 3.8) is 0 Å². The summed E-state index contributed by atoms with van der Waals surface area (Å²) in [6.07, 6.45) is 1.99. The molecule has 0 heterocycles. The molecule has 0 radical (unpaired) electrons. The molecule has 2 unspecified atom stereocenters. The highest BCUT2D eigenvalue weighted by Gasteiger charge is 2.15. The second kappa shape index (κ2) is 6.99. The Hall–Kier alpha value is -0.580. The fraction of sp³-hybridized carbons (Fsp3) is 0.538. The Bertz CT molecular complexity index is 355. The van der Waals surface area contributed by atoms with Gasteiger partial charge in [-0.05, 0) is 45.0 Å². The van der Waals surface area contributed by atoms with Gasteiger partial charge in [-0.1, -0.05) is 15.9 Å². The van der Waals surface area contributed by atoms with Crippen LogP contribution < -0.4 is 15.8 Å². The van der Waals surface area contributed by atoms with Crippen molar-refractivity contribution in [2.24, 2.45) is 5.73 Å². The van der Waals surface area contributed by atoms with Crippen LogP contribution in [0.1, 0.15) is 31.4 Å². The van der Waals surface area contributed by atoms with Crippen LogP contribution in [0.25, 0.3) is 0 Å². The predicted molar refractivity (Wildman–Crippen MR) is 75.4 cm³/mol. The maximum absolute atomic E-state index is 5.81. The number of rotatable bonds is 6. The number of benzene rings is 1. The van der Waals surface area contributed by atoms with E-state index in [9.17, 15) is 0 Å². The number of hydrogen-bond donors (Lipinski definition) is 2. The molecular formula is C13H21BrN2O. The number of ether oxygens (including phenoxy) is 1. The lowest BCUT2D eigenvalue weighted by Gasteiger charge is -2.20. The molecule has 96 valence electrons. The van der Waals surface area contributed by atoms with E-state index in [0.717, 1.165) is 23.1 Å². The Morgan fingerprint density at radius 2 is 2.12 bits per heavy atom. The summed E-state index contributed by atoms with van der Waals surface area (Å²) in [6, 6.07) is 6.56. The maximum Gasteiger partial charge on any atom is 0.123 e. The van der Waals surface area contributed by atoms with Gasteiger partial charge in [-0.2, -0.15) is 0 Å². The molecule has 0 aliphatic rings. The molecular weight excluding hydrogens is 280 g/mol. The van der Waals surface area contributed by atoms with Gasteiger partial charge in [-0.25, -0.2) is 0 Å². The van der Waals surface area contributed by atoms with Crippen molar-refractivity contribution in [2.75, 3.05) is 14.2 Å². The third-order valence-electron chi connectivity index (χ3n) is 2.83. The molecule has 1 aromatic rings. The van der Waals surface area contributed by atoms with E-state index in [1.54, 1.807) is 7.11 Å². The summed E-state index contributed by atoms with van der Waals surface area (Å²) in [4.78, 5) is 0. The molecule has 17 heavy (non-hydrogen) atoms. The molecule has 0 bridgehead atoms. The Balaban J connectivity index is 2.89. The molecule has 0 amide bonds. The highest BCUT2D eigenvalue weighted by atomic mass is 79.9. The quantitative estimate of drug-likeness (QED) is 0.849. The summed E-state index contributed by atoms with van der Waals surface area (Å²) in [5, 5.41) is 3.32. The number of methoxy groups -OCH3 is 1. The summed E-state index contributed by atoms with van der Waals surface area (Å²) in [5.74, 6) is 0.914. The molecule has 1 rings (SSSR count). The standard InChI is InChI=1S/C13H21BrN2O/c1-9(15)4-6-12(16-2)11-8-10(14)5-7-13(11)17-3/h5,7-9,12,16H,4,6,15H2,1-3H3. The average Bonchev–Trinajstić information content (AvgIpc) is 2.30. The van der Waals surface area contributed by atoms with Crippen molar-refractivity contribution in [3.8, 4) is 5.75 Å². The summed E-state index contributed by atoms with van der Waals surface area (Å²) in [5.41, 5.74) is 6.98. The zero-order valence-electron chi connectivity index (χ0n) is 10.7. The van der Waals surface area contributed by atoms with E-state index in [-0.39, 0.29) is 12.1 Å². The summed E-state index contributed by atoms with van der Waals surface area (Å²) >= 11 is 3.50. The van der Waals surface area contributed by atoms with Crippen LogP contribution in [0.2, 0.25) is 0 Å². The van der Waals surface area contributed by atoms with Gasteiger partial charge in [-0.15, -0.1) is 0 Å². The Kier molecular flexibility index (Phi) is 5.95. The van der Waals surface area contributed by atoms with E-state index in [0.29, 0.717) is 0 Å². The van der Waals surface area contributed by atoms with Gasteiger partial charge in [0.05, 0.1) is 7.11 Å². The van der Waals surface area contributed by atoms with Crippen molar-refractivity contribution < 1.29 is 4.74 Å². The first-order chi connectivity index (χ1) is 8.08. The molecule has 0 aromatic heterocycles. The van der Waals surface area contributed by atoms with Crippen molar-refractivity contribution in [2.45, 2.75) is 31.8 Å². The van der Waals surface area contributed by atoms with Crippen LogP contribution >= 0.6 is 15.9 Å². The van der Waals surface area contributed by atoms with Gasteiger partial charge >= 0.3 is 0 Å². The average molecular weight is 301 g/mol. The van der Waals surface area contributed by atoms with Gasteiger partial charge in [0.15, 0.2) is 0 Å². The maximum atomic E-state index is 5.81. The zero-order chi connectivity index (χ0) is 12.8. The molecule has 4 heteroatoms. The molecule has 0 spiro atoms. The van der Waals surface area contributed by atoms with E-state index < -0.39 is 0 Å². The highest BCUT2D eigenvalue weighted by molar-refractivity contribution is 9.10. The monoisotopic (exact) mass is 300 g/mol. The summed E-state index contributed by atoms with van der Waals surface area (Å²) < 4.78 is 6.46. The van der Waals surface area contributed by atoms with Gasteiger partial charge in [0.2, 0.25) is 0 Å². The molecule has 0 fully saturated rings. The van der Waals surface area contributed by atoms with Gasteiger partial charge in [0, 0.05) is 22.1 Å². The normalized spacial score (nSPS) is 14.4. The second-order valence-electron chi connectivity index (χ2n) is 4.28. The lowest BCUT2D eigenvalue weighted by atomic mass is 9.99. The van der Waals surface area contributed by atoms with Crippen LogP contribution in [-0.4, -0.2) is 20.2 Å². The van der Waals surface area contributed by atoms with Crippen LogP contribution in [0.5, 0.6) is 5.75 Å². The molecule has 3 N–H and O–H groups in total. The first kappa shape index (κ1) is 14.5. The second-order valence-corrected chi connectivity index (χ2v) is 5.20. The summed E-state index contributed by atoms with van der Waals surface area (Å²) in [7, 11) is 3.66.